The first kappa shape index (κ1) is 11.3. The summed E-state index contributed by atoms with van der Waals surface area (Å²) in [6.45, 7) is 6.55. The van der Waals surface area contributed by atoms with Gasteiger partial charge in [-0.1, -0.05) is 19.4 Å². The number of carbonyl (C=O) groups excluding carboxylic acids is 1. The fourth-order valence-electron chi connectivity index (χ4n) is 4.41. The second-order valence-corrected chi connectivity index (χ2v) is 6.36. The van der Waals surface area contributed by atoms with Gasteiger partial charge in [0.05, 0.1) is 5.92 Å². The van der Waals surface area contributed by atoms with E-state index in [1.165, 1.54) is 24.8 Å². The third-order valence-corrected chi connectivity index (χ3v) is 5.35. The second kappa shape index (κ2) is 3.60. The minimum Gasteiger partial charge on any atom is -0.454 e. The van der Waals surface area contributed by atoms with Crippen molar-refractivity contribution in [3.63, 3.8) is 0 Å². The minimum absolute atomic E-state index is 0.0278. The van der Waals surface area contributed by atoms with Crippen LogP contribution in [0, 0.1) is 23.7 Å². The maximum Gasteiger partial charge on any atom is 0.309 e. The molecule has 3 rings (SSSR count). The van der Waals surface area contributed by atoms with Crippen molar-refractivity contribution in [3.8, 4) is 0 Å². The van der Waals surface area contributed by atoms with Crippen LogP contribution in [0.25, 0.3) is 0 Å². The van der Waals surface area contributed by atoms with E-state index in [0.29, 0.717) is 17.8 Å². The SMILES string of the molecule is C[C@@H]1CC[C@H]2[C@@H](C)C(=O)O[C@]23C=C([13CH3])CC[C@@H]13. The van der Waals surface area contributed by atoms with Gasteiger partial charge in [-0.05, 0) is 44.6 Å². The summed E-state index contributed by atoms with van der Waals surface area (Å²) in [5.74, 6) is 1.78. The van der Waals surface area contributed by atoms with Crippen LogP contribution in [0.15, 0.2) is 11.6 Å². The zero-order valence-electron chi connectivity index (χ0n) is 11.0. The van der Waals surface area contributed by atoms with Crippen LogP contribution in [-0.2, 0) is 9.53 Å². The Kier molecular flexibility index (Phi) is 2.39. The van der Waals surface area contributed by atoms with Gasteiger partial charge in [-0.15, -0.1) is 0 Å². The van der Waals surface area contributed by atoms with E-state index in [1.807, 2.05) is 6.92 Å². The Morgan fingerprint density at radius 3 is 2.76 bits per heavy atom. The van der Waals surface area contributed by atoms with E-state index < -0.39 is 0 Å². The van der Waals surface area contributed by atoms with E-state index in [-0.39, 0.29) is 17.5 Å². The lowest BCUT2D eigenvalue weighted by Crippen LogP contribution is -2.50. The van der Waals surface area contributed by atoms with Crippen LogP contribution < -0.4 is 0 Å². The first-order valence-electron chi connectivity index (χ1n) is 6.96. The van der Waals surface area contributed by atoms with Crippen molar-refractivity contribution < 1.29 is 9.53 Å². The molecule has 2 nitrogen and oxygen atoms in total. The maximum atomic E-state index is 12.0. The third kappa shape index (κ3) is 1.42. The van der Waals surface area contributed by atoms with E-state index in [4.69, 9.17) is 4.74 Å². The molecule has 0 radical (unpaired) electrons. The average molecular weight is 235 g/mol. The van der Waals surface area contributed by atoms with Crippen LogP contribution in [0.2, 0.25) is 0 Å². The molecule has 3 aliphatic rings. The maximum absolute atomic E-state index is 12.0. The topological polar surface area (TPSA) is 26.3 Å². The van der Waals surface area contributed by atoms with Crippen LogP contribution in [-0.4, -0.2) is 11.6 Å². The summed E-state index contributed by atoms with van der Waals surface area (Å²) in [5, 5.41) is 0. The highest BCUT2D eigenvalue weighted by Gasteiger charge is 2.60. The number of esters is 1. The van der Waals surface area contributed by atoms with Crippen LogP contribution in [0.4, 0.5) is 0 Å². The van der Waals surface area contributed by atoms with Crippen molar-refractivity contribution in [2.45, 2.75) is 52.1 Å². The van der Waals surface area contributed by atoms with Gasteiger partial charge in [-0.25, -0.2) is 0 Å². The van der Waals surface area contributed by atoms with Gasteiger partial charge < -0.3 is 4.74 Å². The number of hydrogen-bond donors (Lipinski definition) is 0. The summed E-state index contributed by atoms with van der Waals surface area (Å²) in [4.78, 5) is 12.0. The van der Waals surface area contributed by atoms with Gasteiger partial charge in [-0.3, -0.25) is 4.79 Å². The zero-order valence-corrected chi connectivity index (χ0v) is 11.0. The lowest BCUT2D eigenvalue weighted by Gasteiger charge is -2.48. The van der Waals surface area contributed by atoms with E-state index >= 15 is 0 Å². The Morgan fingerprint density at radius 1 is 1.24 bits per heavy atom. The number of hydrogen-bond acceptors (Lipinski definition) is 2. The Hall–Kier alpha value is -0.790. The first-order chi connectivity index (χ1) is 8.04. The van der Waals surface area contributed by atoms with Crippen molar-refractivity contribution in [2.75, 3.05) is 0 Å². The molecule has 0 bridgehead atoms. The smallest absolute Gasteiger partial charge is 0.309 e. The highest BCUT2D eigenvalue weighted by molar-refractivity contribution is 5.76. The molecule has 2 fully saturated rings. The molecule has 0 amide bonds. The number of ether oxygens (including phenoxy) is 1. The molecule has 1 heterocycles. The Bertz CT molecular complexity index is 384. The fraction of sp³-hybridized carbons (Fsp3) is 0.800. The van der Waals surface area contributed by atoms with Crippen molar-refractivity contribution in [3.05, 3.63) is 11.6 Å². The molecule has 2 heteroatoms. The number of carbonyl (C=O) groups is 1. The van der Waals surface area contributed by atoms with Crippen LogP contribution >= 0.6 is 0 Å². The summed E-state index contributed by atoms with van der Waals surface area (Å²) in [6.07, 6.45) is 7.07. The van der Waals surface area contributed by atoms with Crippen molar-refractivity contribution in [1.29, 1.82) is 0 Å². The Morgan fingerprint density at radius 2 is 2.00 bits per heavy atom. The summed E-state index contributed by atoms with van der Waals surface area (Å²) >= 11 is 0. The molecule has 94 valence electrons. The highest BCUT2D eigenvalue weighted by atomic mass is 16.6. The molecule has 2 aliphatic carbocycles. The van der Waals surface area contributed by atoms with Gasteiger partial charge in [0.25, 0.3) is 0 Å². The Labute approximate surface area is 103 Å². The van der Waals surface area contributed by atoms with E-state index in [0.717, 1.165) is 6.42 Å². The largest absolute Gasteiger partial charge is 0.454 e. The van der Waals surface area contributed by atoms with Gasteiger partial charge >= 0.3 is 5.97 Å². The normalized spacial score (nSPS) is 49.1. The van der Waals surface area contributed by atoms with E-state index in [9.17, 15) is 4.79 Å². The minimum atomic E-state index is -0.240. The lowest BCUT2D eigenvalue weighted by atomic mass is 9.59. The van der Waals surface area contributed by atoms with Crippen molar-refractivity contribution in [2.24, 2.45) is 23.7 Å². The number of rotatable bonds is 0. The molecule has 1 aliphatic heterocycles. The molecule has 0 aromatic heterocycles. The van der Waals surface area contributed by atoms with Gasteiger partial charge in [0.2, 0.25) is 0 Å². The molecule has 0 aromatic carbocycles. The zero-order chi connectivity index (χ0) is 12.2. The third-order valence-electron chi connectivity index (χ3n) is 5.35. The van der Waals surface area contributed by atoms with Gasteiger partial charge in [0, 0.05) is 11.8 Å². The van der Waals surface area contributed by atoms with E-state index in [1.54, 1.807) is 0 Å². The molecular formula is C15H22O2. The predicted octanol–water partition coefficient (Wildman–Crippen LogP) is 3.32. The standard InChI is InChI=1S/C15H22O2/c1-9-4-6-12-10(2)5-7-13-11(3)14(16)17-15(12,13)8-9/h8,10-13H,4-7H2,1-3H3/t10-,11-,12+,13+,15+/m1/s1/i1+1. The molecule has 1 spiro atoms. The quantitative estimate of drug-likeness (QED) is 0.366. The summed E-state index contributed by atoms with van der Waals surface area (Å²) in [5.41, 5.74) is 1.17. The van der Waals surface area contributed by atoms with Gasteiger partial charge in [0.15, 0.2) is 0 Å². The second-order valence-electron chi connectivity index (χ2n) is 6.36. The first-order valence-corrected chi connectivity index (χ1v) is 6.96. The lowest BCUT2D eigenvalue weighted by molar-refractivity contribution is -0.155. The molecule has 5 atom stereocenters. The summed E-state index contributed by atoms with van der Waals surface area (Å²) < 4.78 is 5.89. The summed E-state index contributed by atoms with van der Waals surface area (Å²) in [7, 11) is 0. The van der Waals surface area contributed by atoms with Crippen molar-refractivity contribution >= 4 is 5.97 Å². The summed E-state index contributed by atoms with van der Waals surface area (Å²) in [6, 6.07) is 0. The number of allylic oxidation sites excluding steroid dienone is 1. The van der Waals surface area contributed by atoms with Crippen LogP contribution in [0.1, 0.15) is 46.5 Å². The molecular weight excluding hydrogens is 213 g/mol. The van der Waals surface area contributed by atoms with Crippen LogP contribution in [0.5, 0.6) is 0 Å². The fourth-order valence-corrected chi connectivity index (χ4v) is 4.41. The molecule has 1 saturated heterocycles. The van der Waals surface area contributed by atoms with Gasteiger partial charge in [0.1, 0.15) is 5.60 Å². The molecule has 17 heavy (non-hydrogen) atoms. The average Bonchev–Trinajstić information content (AvgIpc) is 2.50. The molecule has 0 aromatic rings. The van der Waals surface area contributed by atoms with E-state index in [2.05, 4.69) is 19.9 Å². The monoisotopic (exact) mass is 235 g/mol. The molecule has 1 saturated carbocycles. The molecule has 0 N–H and O–H groups in total. The van der Waals surface area contributed by atoms with Crippen LogP contribution in [0.3, 0.4) is 0 Å². The van der Waals surface area contributed by atoms with Gasteiger partial charge in [-0.2, -0.15) is 0 Å². The Balaban J connectivity index is 2.07. The predicted molar refractivity (Wildman–Crippen MR) is 66.4 cm³/mol. The highest BCUT2D eigenvalue weighted by Crippen LogP contribution is 2.56. The molecule has 0 unspecified atom stereocenters. The van der Waals surface area contributed by atoms with Crippen molar-refractivity contribution in [1.82, 2.24) is 0 Å².